The lowest BCUT2D eigenvalue weighted by Crippen LogP contribution is -2.46. The zero-order valence-corrected chi connectivity index (χ0v) is 11.9. The number of likely N-dealkylation sites (N-methyl/N-ethyl adjacent to an activating group) is 1. The SMILES string of the molecule is [11CH3]N1CCN2c3ccccc3Cc3ccccc3C2C1. The molecule has 1 saturated heterocycles. The fourth-order valence-corrected chi connectivity index (χ4v) is 3.64. The van der Waals surface area contributed by atoms with Crippen LogP contribution in [0.2, 0.25) is 0 Å². The number of hydrogen-bond acceptors (Lipinski definition) is 2. The van der Waals surface area contributed by atoms with E-state index in [2.05, 4.69) is 65.4 Å². The smallest absolute Gasteiger partial charge is 0.0672 e. The topological polar surface area (TPSA) is 6.48 Å². The Morgan fingerprint density at radius 2 is 1.65 bits per heavy atom. The van der Waals surface area contributed by atoms with Gasteiger partial charge in [-0.1, -0.05) is 42.5 Å². The van der Waals surface area contributed by atoms with E-state index in [-0.39, 0.29) is 0 Å². The Morgan fingerprint density at radius 1 is 0.900 bits per heavy atom. The van der Waals surface area contributed by atoms with E-state index in [0.717, 1.165) is 26.1 Å². The fraction of sp³-hybridized carbons (Fsp3) is 0.333. The number of nitrogens with zero attached hydrogens (tertiary/aromatic N) is 2. The number of benzene rings is 2. The van der Waals surface area contributed by atoms with E-state index in [1.807, 2.05) is 0 Å². The number of hydrogen-bond donors (Lipinski definition) is 0. The number of para-hydroxylation sites is 1. The second-order valence-electron chi connectivity index (χ2n) is 5.98. The van der Waals surface area contributed by atoms with E-state index < -0.39 is 0 Å². The van der Waals surface area contributed by atoms with Crippen LogP contribution in [0.1, 0.15) is 22.7 Å². The maximum atomic E-state index is 2.61. The standard InChI is InChI=1S/C18H20N2/c1-19-10-11-20-17-9-5-3-7-15(17)12-14-6-2-4-8-16(14)18(20)13-19/h2-9,18H,10-13H2,1H3/i1-1. The summed E-state index contributed by atoms with van der Waals surface area (Å²) in [7, 11) is 2.23. The monoisotopic (exact) mass is 263 g/mol. The molecule has 0 aliphatic carbocycles. The van der Waals surface area contributed by atoms with Crippen LogP contribution in [0.4, 0.5) is 5.69 Å². The van der Waals surface area contributed by atoms with Gasteiger partial charge in [-0.05, 0) is 36.2 Å². The van der Waals surface area contributed by atoms with Gasteiger partial charge < -0.3 is 9.80 Å². The van der Waals surface area contributed by atoms with Crippen molar-refractivity contribution in [1.29, 1.82) is 0 Å². The van der Waals surface area contributed by atoms with Crippen LogP contribution in [0.5, 0.6) is 0 Å². The number of piperazine rings is 1. The normalized spacial score (nSPS) is 21.6. The molecule has 0 saturated carbocycles. The van der Waals surface area contributed by atoms with Crippen molar-refractivity contribution >= 4 is 5.69 Å². The second kappa shape index (κ2) is 4.64. The lowest BCUT2D eigenvalue weighted by atomic mass is 9.95. The van der Waals surface area contributed by atoms with Gasteiger partial charge in [0.05, 0.1) is 6.04 Å². The van der Waals surface area contributed by atoms with Crippen molar-refractivity contribution < 1.29 is 0 Å². The maximum absolute atomic E-state index is 2.61. The quantitative estimate of drug-likeness (QED) is 0.720. The van der Waals surface area contributed by atoms with Crippen molar-refractivity contribution in [3.05, 3.63) is 65.2 Å². The third kappa shape index (κ3) is 1.83. The first kappa shape index (κ1) is 12.0. The molecule has 2 nitrogen and oxygen atoms in total. The first-order chi connectivity index (χ1) is 9.83. The molecule has 2 aliphatic heterocycles. The van der Waals surface area contributed by atoms with Crippen molar-refractivity contribution in [3.8, 4) is 0 Å². The summed E-state index contributed by atoms with van der Waals surface area (Å²) in [4.78, 5) is 5.06. The van der Waals surface area contributed by atoms with Crippen LogP contribution in [-0.2, 0) is 6.42 Å². The Kier molecular flexibility index (Phi) is 2.78. The molecule has 1 unspecified atom stereocenters. The largest absolute Gasteiger partial charge is 0.362 e. The Hall–Kier alpha value is -1.80. The maximum Gasteiger partial charge on any atom is 0.0672 e. The minimum absolute atomic E-state index is 0.494. The highest BCUT2D eigenvalue weighted by Crippen LogP contribution is 2.38. The highest BCUT2D eigenvalue weighted by atomic mass is 15.3. The molecule has 0 N–H and O–H groups in total. The van der Waals surface area contributed by atoms with Gasteiger partial charge in [0.1, 0.15) is 0 Å². The van der Waals surface area contributed by atoms with Crippen LogP contribution in [0.15, 0.2) is 48.5 Å². The summed E-state index contributed by atoms with van der Waals surface area (Å²) in [5.74, 6) is 0. The van der Waals surface area contributed by atoms with Gasteiger partial charge in [0.25, 0.3) is 0 Å². The van der Waals surface area contributed by atoms with Crippen molar-refractivity contribution in [2.24, 2.45) is 0 Å². The van der Waals surface area contributed by atoms with Crippen LogP contribution in [0.25, 0.3) is 0 Å². The Balaban J connectivity index is 1.90. The van der Waals surface area contributed by atoms with E-state index >= 15 is 0 Å². The highest BCUT2D eigenvalue weighted by molar-refractivity contribution is 5.60. The molecule has 2 heteroatoms. The molecule has 1 fully saturated rings. The number of rotatable bonds is 0. The Bertz CT molecular complexity index is 635. The molecular weight excluding hydrogens is 243 g/mol. The first-order valence-corrected chi connectivity index (χ1v) is 7.44. The number of fused-ring (bicyclic) bond motifs is 5. The molecule has 0 radical (unpaired) electrons. The minimum atomic E-state index is 0.494. The predicted molar refractivity (Wildman–Crippen MR) is 83.3 cm³/mol. The summed E-state index contributed by atoms with van der Waals surface area (Å²) < 4.78 is 0. The fourth-order valence-electron chi connectivity index (χ4n) is 3.64. The molecule has 0 amide bonds. The molecule has 1 atom stereocenters. The van der Waals surface area contributed by atoms with E-state index in [9.17, 15) is 0 Å². The summed E-state index contributed by atoms with van der Waals surface area (Å²) in [5, 5.41) is 0. The van der Waals surface area contributed by atoms with Crippen LogP contribution in [0.3, 0.4) is 0 Å². The Morgan fingerprint density at radius 3 is 2.55 bits per heavy atom. The van der Waals surface area contributed by atoms with E-state index in [1.54, 1.807) is 0 Å². The van der Waals surface area contributed by atoms with Crippen LogP contribution < -0.4 is 4.90 Å². The minimum Gasteiger partial charge on any atom is -0.362 e. The second-order valence-corrected chi connectivity index (χ2v) is 5.98. The lowest BCUT2D eigenvalue weighted by Gasteiger charge is -2.41. The van der Waals surface area contributed by atoms with Crippen LogP contribution >= 0.6 is 0 Å². The van der Waals surface area contributed by atoms with Gasteiger partial charge >= 0.3 is 0 Å². The summed E-state index contributed by atoms with van der Waals surface area (Å²) in [6.45, 7) is 3.38. The van der Waals surface area contributed by atoms with Gasteiger partial charge in [0.2, 0.25) is 0 Å². The van der Waals surface area contributed by atoms with Gasteiger partial charge in [0.15, 0.2) is 0 Å². The molecule has 2 aliphatic rings. The molecule has 0 aromatic heterocycles. The molecular formula is C18H20N2. The third-order valence-electron chi connectivity index (χ3n) is 4.68. The Labute approximate surface area is 120 Å². The van der Waals surface area contributed by atoms with Crippen molar-refractivity contribution in [2.45, 2.75) is 12.5 Å². The summed E-state index contributed by atoms with van der Waals surface area (Å²) in [5.41, 5.74) is 5.90. The van der Waals surface area contributed by atoms with Crippen molar-refractivity contribution in [2.75, 3.05) is 31.6 Å². The number of anilines is 1. The predicted octanol–water partition coefficient (Wildman–Crippen LogP) is 3.08. The molecule has 102 valence electrons. The summed E-state index contributed by atoms with van der Waals surface area (Å²) in [6, 6.07) is 18.4. The van der Waals surface area contributed by atoms with E-state index in [1.165, 1.54) is 22.4 Å². The lowest BCUT2D eigenvalue weighted by molar-refractivity contribution is 0.269. The molecule has 0 spiro atoms. The van der Waals surface area contributed by atoms with Gasteiger partial charge in [-0.15, -0.1) is 0 Å². The molecule has 0 bridgehead atoms. The molecule has 20 heavy (non-hydrogen) atoms. The molecule has 2 aromatic rings. The van der Waals surface area contributed by atoms with Gasteiger partial charge in [-0.25, -0.2) is 0 Å². The zero-order valence-electron chi connectivity index (χ0n) is 11.9. The van der Waals surface area contributed by atoms with Crippen LogP contribution in [0, 0.1) is 0 Å². The van der Waals surface area contributed by atoms with Crippen molar-refractivity contribution in [3.63, 3.8) is 0 Å². The molecule has 2 heterocycles. The van der Waals surface area contributed by atoms with Crippen molar-refractivity contribution in [1.82, 2.24) is 4.90 Å². The summed E-state index contributed by atoms with van der Waals surface area (Å²) >= 11 is 0. The van der Waals surface area contributed by atoms with E-state index in [0.29, 0.717) is 6.04 Å². The zero-order chi connectivity index (χ0) is 13.5. The van der Waals surface area contributed by atoms with Gasteiger partial charge in [-0.2, -0.15) is 0 Å². The first-order valence-electron chi connectivity index (χ1n) is 7.44. The molecule has 2 aromatic carbocycles. The highest BCUT2D eigenvalue weighted by Gasteiger charge is 2.31. The van der Waals surface area contributed by atoms with Gasteiger partial charge in [0, 0.05) is 25.3 Å². The average Bonchev–Trinajstić information content (AvgIpc) is 2.61. The van der Waals surface area contributed by atoms with E-state index in [4.69, 9.17) is 0 Å². The average molecular weight is 263 g/mol. The third-order valence-corrected chi connectivity index (χ3v) is 4.68. The summed E-state index contributed by atoms with van der Waals surface area (Å²) in [6.07, 6.45) is 1.06. The molecule has 4 rings (SSSR count). The van der Waals surface area contributed by atoms with Gasteiger partial charge in [-0.3, -0.25) is 0 Å². The van der Waals surface area contributed by atoms with Crippen LogP contribution in [-0.4, -0.2) is 31.6 Å².